The number of thiophene rings is 1. The number of hydrogen-bond donors (Lipinski definition) is 3. The van der Waals surface area contributed by atoms with Gasteiger partial charge in [0.05, 0.1) is 23.7 Å². The van der Waals surface area contributed by atoms with E-state index in [0.29, 0.717) is 34.7 Å². The number of rotatable bonds is 3. The Morgan fingerprint density at radius 1 is 1.27 bits per heavy atom. The molecule has 0 bridgehead atoms. The van der Waals surface area contributed by atoms with Gasteiger partial charge in [-0.25, -0.2) is 5.53 Å². The maximum Gasteiger partial charge on any atom is 0.181 e. The van der Waals surface area contributed by atoms with Crippen molar-refractivity contribution in [1.82, 2.24) is 16.5 Å². The second-order valence-corrected chi connectivity index (χ2v) is 7.49. The summed E-state index contributed by atoms with van der Waals surface area (Å²) in [6, 6.07) is 7.63. The number of hydrogen-bond acceptors (Lipinski definition) is 8. The van der Waals surface area contributed by atoms with Crippen LogP contribution in [0, 0.1) is 11.3 Å². The minimum Gasteiger partial charge on any atom is -0.378 e. The molecule has 7 nitrogen and oxygen atoms in total. The Kier molecular flexibility index (Phi) is 4.89. The van der Waals surface area contributed by atoms with Crippen LogP contribution in [-0.4, -0.2) is 32.1 Å². The van der Waals surface area contributed by atoms with Crippen LogP contribution in [0.25, 0.3) is 11.1 Å². The molecule has 0 aliphatic carbocycles. The van der Waals surface area contributed by atoms with Gasteiger partial charge in [-0.2, -0.15) is 5.26 Å². The Labute approximate surface area is 164 Å². The highest BCUT2D eigenvalue weighted by atomic mass is 35.5. The zero-order chi connectivity index (χ0) is 18.1. The first-order valence-electron chi connectivity index (χ1n) is 7.88. The molecule has 3 heterocycles. The lowest BCUT2D eigenvalue weighted by Crippen LogP contribution is -2.36. The number of nitrogens with one attached hydrogen (secondary N) is 3. The molecule has 1 aromatic carbocycles. The fourth-order valence-electron chi connectivity index (χ4n) is 2.93. The van der Waals surface area contributed by atoms with E-state index in [-0.39, 0.29) is 0 Å². The summed E-state index contributed by atoms with van der Waals surface area (Å²) in [7, 11) is 0. The van der Waals surface area contributed by atoms with Gasteiger partial charge in [-0.15, -0.1) is 22.0 Å². The van der Waals surface area contributed by atoms with Gasteiger partial charge >= 0.3 is 0 Å². The number of amidine groups is 1. The summed E-state index contributed by atoms with van der Waals surface area (Å²) in [5, 5.41) is 16.1. The highest BCUT2D eigenvalue weighted by Crippen LogP contribution is 2.44. The molecule has 2 aromatic rings. The van der Waals surface area contributed by atoms with Gasteiger partial charge in [0, 0.05) is 34.3 Å². The summed E-state index contributed by atoms with van der Waals surface area (Å²) in [6.45, 7) is 2.74. The summed E-state index contributed by atoms with van der Waals surface area (Å²) in [6.07, 6.45) is 0. The van der Waals surface area contributed by atoms with E-state index in [1.165, 1.54) is 11.3 Å². The highest BCUT2D eigenvalue weighted by Gasteiger charge is 2.28. The molecule has 4 rings (SSSR count). The fraction of sp³-hybridized carbons (Fsp3) is 0.250. The lowest BCUT2D eigenvalue weighted by Gasteiger charge is -2.27. The average Bonchev–Trinajstić information content (AvgIpc) is 3.30. The lowest BCUT2D eigenvalue weighted by molar-refractivity contribution is 0.123. The predicted molar refractivity (Wildman–Crippen MR) is 103 cm³/mol. The fourth-order valence-corrected chi connectivity index (χ4v) is 4.70. The van der Waals surface area contributed by atoms with Gasteiger partial charge in [0.2, 0.25) is 0 Å². The van der Waals surface area contributed by atoms with E-state index in [1.807, 2.05) is 6.07 Å². The molecule has 10 heteroatoms. The van der Waals surface area contributed by atoms with Crippen molar-refractivity contribution >= 4 is 45.4 Å². The number of nitriles is 1. The standard InChI is InChI=1S/C16H14Cl2N6OS/c17-9-1-2-10(12(18)7-9)13-11(8-19)16(24-3-5-25-6-4-24)26-14(13)15-20-22-23-21-15/h1-2,7,22-23H,3-6H2,(H,20,21). The molecule has 2 aliphatic heterocycles. The van der Waals surface area contributed by atoms with Crippen molar-refractivity contribution in [3.8, 4) is 17.2 Å². The number of hydrazone groups is 1. The van der Waals surface area contributed by atoms with E-state index >= 15 is 0 Å². The van der Waals surface area contributed by atoms with Crippen molar-refractivity contribution in [2.45, 2.75) is 0 Å². The van der Waals surface area contributed by atoms with Crippen LogP contribution in [0.15, 0.2) is 23.3 Å². The van der Waals surface area contributed by atoms with Crippen LogP contribution >= 0.6 is 34.5 Å². The molecule has 0 amide bonds. The molecule has 134 valence electrons. The van der Waals surface area contributed by atoms with E-state index in [9.17, 15) is 5.26 Å². The summed E-state index contributed by atoms with van der Waals surface area (Å²) in [4.78, 5) is 2.99. The van der Waals surface area contributed by atoms with Gasteiger partial charge in [-0.1, -0.05) is 29.3 Å². The number of hydrazine groups is 2. The maximum absolute atomic E-state index is 9.93. The molecule has 0 radical (unpaired) electrons. The zero-order valence-corrected chi connectivity index (χ0v) is 15.8. The predicted octanol–water partition coefficient (Wildman–Crippen LogP) is 2.70. The average molecular weight is 409 g/mol. The molecule has 1 saturated heterocycles. The zero-order valence-electron chi connectivity index (χ0n) is 13.5. The van der Waals surface area contributed by atoms with Crippen LogP contribution in [0.2, 0.25) is 10.0 Å². The molecule has 0 spiro atoms. The van der Waals surface area contributed by atoms with Crippen LogP contribution in [0.1, 0.15) is 10.4 Å². The summed E-state index contributed by atoms with van der Waals surface area (Å²) in [5.74, 6) is 0.604. The number of morpholine rings is 1. The molecule has 1 aromatic heterocycles. The Morgan fingerprint density at radius 2 is 2.08 bits per heavy atom. The minimum absolute atomic E-state index is 0.487. The van der Waals surface area contributed by atoms with Crippen LogP contribution < -0.4 is 21.4 Å². The summed E-state index contributed by atoms with van der Waals surface area (Å²) >= 11 is 14.0. The third kappa shape index (κ3) is 3.09. The number of anilines is 1. The molecule has 26 heavy (non-hydrogen) atoms. The Bertz CT molecular complexity index is 916. The number of benzene rings is 1. The van der Waals surface area contributed by atoms with E-state index in [0.717, 1.165) is 34.1 Å². The first-order chi connectivity index (χ1) is 12.7. The van der Waals surface area contributed by atoms with Crippen molar-refractivity contribution < 1.29 is 4.74 Å². The molecule has 1 fully saturated rings. The van der Waals surface area contributed by atoms with Gasteiger partial charge < -0.3 is 9.64 Å². The Balaban J connectivity index is 1.92. The Hall–Kier alpha value is -2.02. The summed E-state index contributed by atoms with van der Waals surface area (Å²) in [5.41, 5.74) is 10.4. The summed E-state index contributed by atoms with van der Waals surface area (Å²) < 4.78 is 5.44. The van der Waals surface area contributed by atoms with Crippen molar-refractivity contribution in [3.63, 3.8) is 0 Å². The monoisotopic (exact) mass is 408 g/mol. The van der Waals surface area contributed by atoms with E-state index < -0.39 is 0 Å². The minimum atomic E-state index is 0.487. The molecule has 0 atom stereocenters. The maximum atomic E-state index is 9.93. The molecular formula is C16H14Cl2N6OS. The third-order valence-corrected chi connectivity index (χ3v) is 5.92. The largest absolute Gasteiger partial charge is 0.378 e. The highest BCUT2D eigenvalue weighted by molar-refractivity contribution is 7.19. The van der Waals surface area contributed by atoms with Gasteiger partial charge in [0.15, 0.2) is 5.84 Å². The third-order valence-electron chi connectivity index (χ3n) is 4.12. The quantitative estimate of drug-likeness (QED) is 0.723. The van der Waals surface area contributed by atoms with Gasteiger partial charge in [0.25, 0.3) is 0 Å². The van der Waals surface area contributed by atoms with Gasteiger partial charge in [-0.05, 0) is 12.1 Å². The topological polar surface area (TPSA) is 84.7 Å². The van der Waals surface area contributed by atoms with Crippen molar-refractivity contribution in [2.24, 2.45) is 5.10 Å². The Morgan fingerprint density at radius 3 is 2.73 bits per heavy atom. The molecule has 0 unspecified atom stereocenters. The molecule has 0 saturated carbocycles. The SMILES string of the molecule is N#Cc1c(N2CCOCC2)sc(C2=NNNN2)c1-c1ccc(Cl)cc1Cl. The van der Waals surface area contributed by atoms with Crippen LogP contribution in [0.5, 0.6) is 0 Å². The molecule has 3 N–H and O–H groups in total. The normalized spacial score (nSPS) is 16.7. The first-order valence-corrected chi connectivity index (χ1v) is 9.45. The van der Waals surface area contributed by atoms with Crippen LogP contribution in [-0.2, 0) is 4.74 Å². The first kappa shape index (κ1) is 17.4. The van der Waals surface area contributed by atoms with Gasteiger partial charge in [0.1, 0.15) is 11.1 Å². The lowest BCUT2D eigenvalue weighted by atomic mass is 10.0. The number of ether oxygens (including phenoxy) is 1. The van der Waals surface area contributed by atoms with Gasteiger partial charge in [-0.3, -0.25) is 5.43 Å². The van der Waals surface area contributed by atoms with Crippen molar-refractivity contribution in [1.29, 1.82) is 5.26 Å². The van der Waals surface area contributed by atoms with Crippen molar-refractivity contribution in [3.05, 3.63) is 38.7 Å². The van der Waals surface area contributed by atoms with Crippen LogP contribution in [0.3, 0.4) is 0 Å². The number of halogens is 2. The van der Waals surface area contributed by atoms with E-state index in [1.54, 1.807) is 12.1 Å². The van der Waals surface area contributed by atoms with Crippen molar-refractivity contribution in [2.75, 3.05) is 31.2 Å². The number of nitrogens with zero attached hydrogens (tertiary/aromatic N) is 3. The smallest absolute Gasteiger partial charge is 0.181 e. The van der Waals surface area contributed by atoms with Crippen LogP contribution in [0.4, 0.5) is 5.00 Å². The second kappa shape index (κ2) is 7.31. The second-order valence-electron chi connectivity index (χ2n) is 5.64. The van der Waals surface area contributed by atoms with E-state index in [4.69, 9.17) is 27.9 Å². The molecular weight excluding hydrogens is 395 g/mol. The molecule has 2 aliphatic rings. The van der Waals surface area contributed by atoms with E-state index in [2.05, 4.69) is 32.6 Å².